The summed E-state index contributed by atoms with van der Waals surface area (Å²) in [6.07, 6.45) is 3.57. The Hall–Kier alpha value is -4.58. The lowest BCUT2D eigenvalue weighted by Crippen LogP contribution is -2.37. The van der Waals surface area contributed by atoms with E-state index in [-0.39, 0.29) is 17.6 Å². The van der Waals surface area contributed by atoms with Crippen molar-refractivity contribution in [2.75, 3.05) is 41.9 Å². The number of nitro benzene ring substituents is 1. The number of para-hydroxylation sites is 1. The highest BCUT2D eigenvalue weighted by Crippen LogP contribution is 2.21. The molecule has 0 bridgehead atoms. The number of anilines is 4. The number of nitrogens with zero attached hydrogens (tertiary/aromatic N) is 6. The summed E-state index contributed by atoms with van der Waals surface area (Å²) < 4.78 is 5.42. The van der Waals surface area contributed by atoms with E-state index in [9.17, 15) is 10.1 Å². The van der Waals surface area contributed by atoms with Crippen molar-refractivity contribution in [3.8, 4) is 0 Å². The number of ether oxygens (including phenoxy) is 1. The third-order valence-electron chi connectivity index (χ3n) is 5.24. The van der Waals surface area contributed by atoms with Crippen LogP contribution in [-0.2, 0) is 4.74 Å². The molecular formula is C22H21N9O3. The Morgan fingerprint density at radius 1 is 1.06 bits per heavy atom. The van der Waals surface area contributed by atoms with Crippen LogP contribution in [0.5, 0.6) is 0 Å². The smallest absolute Gasteiger partial charge is 0.269 e. The number of nitro groups is 1. The lowest BCUT2D eigenvalue weighted by atomic mass is 10.2. The SMILES string of the molecule is O=[N+]([O-])c1ccc(Nc2nc(N/N=C/c3c[nH]c4ccccc34)nc(N3CCOCC3)n2)cc1. The summed E-state index contributed by atoms with van der Waals surface area (Å²) in [5, 5.41) is 19.3. The van der Waals surface area contributed by atoms with Gasteiger partial charge in [-0.15, -0.1) is 0 Å². The van der Waals surface area contributed by atoms with Gasteiger partial charge in [-0.05, 0) is 18.2 Å². The fraction of sp³-hybridized carbons (Fsp3) is 0.182. The van der Waals surface area contributed by atoms with Crippen molar-refractivity contribution in [2.45, 2.75) is 0 Å². The van der Waals surface area contributed by atoms with Gasteiger partial charge in [-0.2, -0.15) is 20.1 Å². The molecule has 12 nitrogen and oxygen atoms in total. The highest BCUT2D eigenvalue weighted by Gasteiger charge is 2.17. The highest BCUT2D eigenvalue weighted by molar-refractivity contribution is 5.99. The number of H-pyrrole nitrogens is 1. The van der Waals surface area contributed by atoms with Crippen LogP contribution in [0.1, 0.15) is 5.56 Å². The quantitative estimate of drug-likeness (QED) is 0.215. The molecule has 1 fully saturated rings. The number of benzene rings is 2. The lowest BCUT2D eigenvalue weighted by Gasteiger charge is -2.27. The number of aromatic amines is 1. The van der Waals surface area contributed by atoms with Gasteiger partial charge < -0.3 is 19.9 Å². The van der Waals surface area contributed by atoms with Crippen molar-refractivity contribution in [2.24, 2.45) is 5.10 Å². The lowest BCUT2D eigenvalue weighted by molar-refractivity contribution is -0.384. The average molecular weight is 459 g/mol. The molecule has 2 aromatic carbocycles. The monoisotopic (exact) mass is 459 g/mol. The van der Waals surface area contributed by atoms with E-state index in [1.807, 2.05) is 35.4 Å². The van der Waals surface area contributed by atoms with Gasteiger partial charge >= 0.3 is 0 Å². The number of rotatable bonds is 7. The minimum absolute atomic E-state index is 0.00387. The van der Waals surface area contributed by atoms with Crippen LogP contribution in [0.4, 0.5) is 29.2 Å². The molecule has 12 heteroatoms. The predicted molar refractivity (Wildman–Crippen MR) is 129 cm³/mol. The van der Waals surface area contributed by atoms with Crippen LogP contribution in [0, 0.1) is 10.1 Å². The molecule has 0 amide bonds. The van der Waals surface area contributed by atoms with E-state index in [0.29, 0.717) is 37.9 Å². The van der Waals surface area contributed by atoms with Crippen molar-refractivity contribution >= 4 is 46.3 Å². The second-order valence-corrected chi connectivity index (χ2v) is 7.47. The van der Waals surface area contributed by atoms with Gasteiger partial charge in [0.1, 0.15) is 0 Å². The molecule has 0 radical (unpaired) electrons. The van der Waals surface area contributed by atoms with Crippen molar-refractivity contribution in [1.82, 2.24) is 19.9 Å². The Morgan fingerprint density at radius 3 is 2.62 bits per heavy atom. The summed E-state index contributed by atoms with van der Waals surface area (Å²) >= 11 is 0. The number of nitrogens with one attached hydrogen (secondary N) is 3. The minimum Gasteiger partial charge on any atom is -0.378 e. The van der Waals surface area contributed by atoms with Crippen molar-refractivity contribution in [3.63, 3.8) is 0 Å². The Kier molecular flexibility index (Phi) is 5.95. The normalized spacial score (nSPS) is 13.9. The van der Waals surface area contributed by atoms with Gasteiger partial charge in [0.05, 0.1) is 24.4 Å². The van der Waals surface area contributed by atoms with Crippen molar-refractivity contribution in [1.29, 1.82) is 0 Å². The van der Waals surface area contributed by atoms with Gasteiger partial charge in [0.15, 0.2) is 0 Å². The molecule has 0 saturated carbocycles. The molecule has 0 spiro atoms. The Bertz CT molecular complexity index is 1330. The first-order valence-corrected chi connectivity index (χ1v) is 10.6. The molecule has 2 aromatic heterocycles. The summed E-state index contributed by atoms with van der Waals surface area (Å²) in [6, 6.07) is 14.0. The number of non-ortho nitro benzene ring substituents is 1. The van der Waals surface area contributed by atoms with E-state index in [2.05, 4.69) is 35.8 Å². The van der Waals surface area contributed by atoms with Crippen molar-refractivity contribution in [3.05, 3.63) is 70.4 Å². The zero-order chi connectivity index (χ0) is 23.3. The van der Waals surface area contributed by atoms with Crippen molar-refractivity contribution < 1.29 is 9.66 Å². The number of aromatic nitrogens is 4. The van der Waals surface area contributed by atoms with Crippen LogP contribution < -0.4 is 15.6 Å². The van der Waals surface area contributed by atoms with E-state index in [0.717, 1.165) is 16.5 Å². The summed E-state index contributed by atoms with van der Waals surface area (Å²) in [6.45, 7) is 2.47. The van der Waals surface area contributed by atoms with Crippen LogP contribution in [-0.4, -0.2) is 57.4 Å². The summed E-state index contributed by atoms with van der Waals surface area (Å²) in [5.74, 6) is 1.03. The topological polar surface area (TPSA) is 146 Å². The van der Waals surface area contributed by atoms with Crippen LogP contribution in [0.3, 0.4) is 0 Å². The first kappa shape index (κ1) is 21.3. The molecule has 1 aliphatic rings. The van der Waals surface area contributed by atoms with E-state index < -0.39 is 4.92 Å². The van der Waals surface area contributed by atoms with E-state index in [1.54, 1.807) is 18.3 Å². The second-order valence-electron chi connectivity index (χ2n) is 7.47. The average Bonchev–Trinajstić information content (AvgIpc) is 3.28. The maximum atomic E-state index is 10.9. The maximum Gasteiger partial charge on any atom is 0.269 e. The van der Waals surface area contributed by atoms with E-state index in [1.165, 1.54) is 12.1 Å². The minimum atomic E-state index is -0.447. The zero-order valence-corrected chi connectivity index (χ0v) is 18.0. The summed E-state index contributed by atoms with van der Waals surface area (Å²) in [4.78, 5) is 29.1. The highest BCUT2D eigenvalue weighted by atomic mass is 16.6. The molecule has 1 saturated heterocycles. The third-order valence-corrected chi connectivity index (χ3v) is 5.24. The number of hydrazone groups is 1. The second kappa shape index (κ2) is 9.50. The fourth-order valence-electron chi connectivity index (χ4n) is 3.53. The molecule has 34 heavy (non-hydrogen) atoms. The predicted octanol–water partition coefficient (Wildman–Crippen LogP) is 3.29. The van der Waals surface area contributed by atoms with Gasteiger partial charge in [-0.3, -0.25) is 10.1 Å². The Labute approximate surface area is 193 Å². The van der Waals surface area contributed by atoms with Crippen LogP contribution in [0.15, 0.2) is 59.8 Å². The molecule has 0 unspecified atom stereocenters. The van der Waals surface area contributed by atoms with Crippen LogP contribution in [0.25, 0.3) is 10.9 Å². The zero-order valence-electron chi connectivity index (χ0n) is 18.0. The molecule has 1 aliphatic heterocycles. The Balaban J connectivity index is 1.39. The molecule has 172 valence electrons. The van der Waals surface area contributed by atoms with Crippen LogP contribution >= 0.6 is 0 Å². The molecule has 4 aromatic rings. The Morgan fingerprint density at radius 2 is 1.82 bits per heavy atom. The largest absolute Gasteiger partial charge is 0.378 e. The summed E-state index contributed by atoms with van der Waals surface area (Å²) in [5.41, 5.74) is 5.44. The molecular weight excluding hydrogens is 438 g/mol. The number of morpholine rings is 1. The van der Waals surface area contributed by atoms with Gasteiger partial charge in [0, 0.05) is 53.6 Å². The number of hydrogen-bond acceptors (Lipinski definition) is 10. The number of hydrogen-bond donors (Lipinski definition) is 3. The fourth-order valence-corrected chi connectivity index (χ4v) is 3.53. The van der Waals surface area contributed by atoms with Gasteiger partial charge in [0.25, 0.3) is 5.69 Å². The molecule has 0 atom stereocenters. The first-order chi connectivity index (χ1) is 16.7. The van der Waals surface area contributed by atoms with Gasteiger partial charge in [-0.25, -0.2) is 5.43 Å². The van der Waals surface area contributed by atoms with Gasteiger partial charge in [-0.1, -0.05) is 18.2 Å². The van der Waals surface area contributed by atoms with E-state index >= 15 is 0 Å². The third kappa shape index (κ3) is 4.76. The molecule has 3 heterocycles. The van der Waals surface area contributed by atoms with Gasteiger partial charge in [0.2, 0.25) is 17.8 Å². The standard InChI is InChI=1S/C22H21N9O3/c32-31(33)17-7-5-16(6-8-17)25-20-26-21(28-22(27-20)30-9-11-34-12-10-30)29-24-14-15-13-23-19-4-2-1-3-18(15)19/h1-8,13-14,23H,9-12H2,(H2,25,26,27,28,29)/b24-14+. The number of fused-ring (bicyclic) bond motifs is 1. The maximum absolute atomic E-state index is 10.9. The van der Waals surface area contributed by atoms with Crippen LogP contribution in [0.2, 0.25) is 0 Å². The summed E-state index contributed by atoms with van der Waals surface area (Å²) in [7, 11) is 0. The molecule has 3 N–H and O–H groups in total. The molecule has 0 aliphatic carbocycles. The molecule has 5 rings (SSSR count). The van der Waals surface area contributed by atoms with E-state index in [4.69, 9.17) is 4.74 Å². The first-order valence-electron chi connectivity index (χ1n) is 10.6.